The van der Waals surface area contributed by atoms with Crippen LogP contribution in [0.3, 0.4) is 0 Å². The number of hydrogen-bond acceptors (Lipinski definition) is 2. The second-order valence-corrected chi connectivity index (χ2v) is 4.25. The van der Waals surface area contributed by atoms with E-state index in [1.807, 2.05) is 0 Å². The van der Waals surface area contributed by atoms with Crippen LogP contribution in [0.2, 0.25) is 0 Å². The molecule has 0 radical (unpaired) electrons. The maximum atomic E-state index is 12.6. The molecule has 0 atom stereocenters. The zero-order valence-electron chi connectivity index (χ0n) is 9.05. The zero-order chi connectivity index (χ0) is 13.1. The van der Waals surface area contributed by atoms with E-state index in [4.69, 9.17) is 6.42 Å². The Morgan fingerprint density at radius 1 is 1.53 bits per heavy atom. The Morgan fingerprint density at radius 2 is 2.18 bits per heavy atom. The maximum Gasteiger partial charge on any atom is 0.417 e. The average molecular weight is 307 g/mol. The molecule has 0 aromatic carbocycles. The van der Waals surface area contributed by atoms with Crippen LogP contribution in [-0.2, 0) is 6.18 Å². The number of hydrogen-bond donors (Lipinski definition) is 0. The monoisotopic (exact) mass is 306 g/mol. The van der Waals surface area contributed by atoms with Gasteiger partial charge in [0.25, 0.3) is 0 Å². The van der Waals surface area contributed by atoms with Crippen molar-refractivity contribution >= 4 is 21.7 Å². The van der Waals surface area contributed by atoms with Gasteiger partial charge in [0.1, 0.15) is 5.82 Å². The standard InChI is InChI=1S/C11H10BrF3N2/c1-3-4-5-17(2)10-6-8(11(13,14)15)9(12)7-16-10/h1,6-7H,4-5H2,2H3. The minimum Gasteiger partial charge on any atom is -0.359 e. The Bertz CT molecular complexity index is 437. The highest BCUT2D eigenvalue weighted by Crippen LogP contribution is 2.35. The van der Waals surface area contributed by atoms with Gasteiger partial charge in [-0.25, -0.2) is 4.98 Å². The van der Waals surface area contributed by atoms with Gasteiger partial charge in [0.2, 0.25) is 0 Å². The minimum absolute atomic E-state index is 0.0703. The third-order valence-electron chi connectivity index (χ3n) is 2.13. The van der Waals surface area contributed by atoms with E-state index in [9.17, 15) is 13.2 Å². The molecule has 0 aliphatic heterocycles. The SMILES string of the molecule is C#CCCN(C)c1cc(C(F)(F)F)c(Br)cn1. The van der Waals surface area contributed by atoms with Crippen LogP contribution in [-0.4, -0.2) is 18.6 Å². The van der Waals surface area contributed by atoms with Crippen LogP contribution in [0.5, 0.6) is 0 Å². The highest BCUT2D eigenvalue weighted by molar-refractivity contribution is 9.10. The molecule has 6 heteroatoms. The molecule has 0 fully saturated rings. The lowest BCUT2D eigenvalue weighted by Crippen LogP contribution is -2.20. The highest BCUT2D eigenvalue weighted by atomic mass is 79.9. The van der Waals surface area contributed by atoms with Gasteiger partial charge in [0, 0.05) is 30.7 Å². The van der Waals surface area contributed by atoms with Gasteiger partial charge in [0.05, 0.1) is 5.56 Å². The van der Waals surface area contributed by atoms with E-state index in [1.54, 1.807) is 11.9 Å². The second-order valence-electron chi connectivity index (χ2n) is 3.40. The zero-order valence-corrected chi connectivity index (χ0v) is 10.6. The topological polar surface area (TPSA) is 16.1 Å². The van der Waals surface area contributed by atoms with E-state index in [2.05, 4.69) is 26.8 Å². The van der Waals surface area contributed by atoms with Crippen molar-refractivity contribution in [3.63, 3.8) is 0 Å². The lowest BCUT2D eigenvalue weighted by atomic mass is 10.2. The summed E-state index contributed by atoms with van der Waals surface area (Å²) in [4.78, 5) is 5.50. The number of anilines is 1. The van der Waals surface area contributed by atoms with Crippen LogP contribution in [0, 0.1) is 12.3 Å². The molecule has 0 N–H and O–H groups in total. The third-order valence-corrected chi connectivity index (χ3v) is 2.76. The van der Waals surface area contributed by atoms with E-state index in [0.717, 1.165) is 12.3 Å². The number of alkyl halides is 3. The van der Waals surface area contributed by atoms with Gasteiger partial charge in [-0.05, 0) is 22.0 Å². The molecule has 2 nitrogen and oxygen atoms in total. The summed E-state index contributed by atoms with van der Waals surface area (Å²) < 4.78 is 37.8. The quantitative estimate of drug-likeness (QED) is 0.796. The largest absolute Gasteiger partial charge is 0.417 e. The summed E-state index contributed by atoms with van der Waals surface area (Å²) in [5, 5.41) is 0. The summed E-state index contributed by atoms with van der Waals surface area (Å²) in [6.45, 7) is 0.461. The van der Waals surface area contributed by atoms with Crippen LogP contribution in [0.15, 0.2) is 16.7 Å². The molecule has 1 heterocycles. The van der Waals surface area contributed by atoms with E-state index in [-0.39, 0.29) is 10.3 Å². The Hall–Kier alpha value is -1.22. The van der Waals surface area contributed by atoms with Crippen LogP contribution < -0.4 is 4.90 Å². The number of aromatic nitrogens is 1. The van der Waals surface area contributed by atoms with Crippen molar-refractivity contribution in [1.82, 2.24) is 4.98 Å². The number of pyridine rings is 1. The molecular weight excluding hydrogens is 297 g/mol. The van der Waals surface area contributed by atoms with Crippen LogP contribution in [0.25, 0.3) is 0 Å². The maximum absolute atomic E-state index is 12.6. The minimum atomic E-state index is -4.40. The molecule has 92 valence electrons. The van der Waals surface area contributed by atoms with Crippen LogP contribution in [0.4, 0.5) is 19.0 Å². The van der Waals surface area contributed by atoms with Gasteiger partial charge < -0.3 is 4.90 Å². The van der Waals surface area contributed by atoms with Crippen molar-refractivity contribution in [3.05, 3.63) is 22.3 Å². The Kier molecular flexibility index (Phi) is 4.40. The summed E-state index contributed by atoms with van der Waals surface area (Å²) >= 11 is 2.83. The number of halogens is 4. The highest BCUT2D eigenvalue weighted by Gasteiger charge is 2.33. The van der Waals surface area contributed by atoms with Crippen molar-refractivity contribution in [3.8, 4) is 12.3 Å². The van der Waals surface area contributed by atoms with Gasteiger partial charge in [0.15, 0.2) is 0 Å². The molecule has 0 saturated heterocycles. The molecule has 17 heavy (non-hydrogen) atoms. The van der Waals surface area contributed by atoms with E-state index in [1.165, 1.54) is 0 Å². The number of nitrogens with zero attached hydrogens (tertiary/aromatic N) is 2. The normalized spacial score (nSPS) is 11.1. The second kappa shape index (κ2) is 5.41. The fourth-order valence-corrected chi connectivity index (χ4v) is 1.64. The molecule has 1 rings (SSSR count). The predicted molar refractivity (Wildman–Crippen MR) is 63.7 cm³/mol. The lowest BCUT2D eigenvalue weighted by Gasteiger charge is -2.18. The van der Waals surface area contributed by atoms with Gasteiger partial charge in [-0.2, -0.15) is 13.2 Å². The summed E-state index contributed by atoms with van der Waals surface area (Å²) in [6, 6.07) is 1.00. The van der Waals surface area contributed by atoms with Gasteiger partial charge in [-0.15, -0.1) is 12.3 Å². The first-order valence-corrected chi connectivity index (χ1v) is 5.53. The summed E-state index contributed by atoms with van der Waals surface area (Å²) in [7, 11) is 1.65. The summed E-state index contributed by atoms with van der Waals surface area (Å²) in [6.07, 6.45) is 2.29. The molecule has 0 saturated carbocycles. The fourth-order valence-electron chi connectivity index (χ4n) is 1.20. The average Bonchev–Trinajstić information content (AvgIpc) is 2.25. The molecule has 0 aliphatic carbocycles. The molecule has 0 amide bonds. The fraction of sp³-hybridized carbons (Fsp3) is 0.364. The van der Waals surface area contributed by atoms with Crippen molar-refractivity contribution in [2.24, 2.45) is 0 Å². The Balaban J connectivity index is 3.01. The van der Waals surface area contributed by atoms with Gasteiger partial charge in [-0.1, -0.05) is 0 Å². The molecule has 0 unspecified atom stereocenters. The first-order chi connectivity index (χ1) is 7.86. The van der Waals surface area contributed by atoms with Crippen molar-refractivity contribution in [1.29, 1.82) is 0 Å². The Labute approximate surface area is 106 Å². The molecule has 0 spiro atoms. The van der Waals surface area contributed by atoms with Crippen molar-refractivity contribution in [2.45, 2.75) is 12.6 Å². The number of rotatable bonds is 3. The Morgan fingerprint density at radius 3 is 2.71 bits per heavy atom. The first-order valence-electron chi connectivity index (χ1n) is 4.73. The summed E-state index contributed by atoms with van der Waals surface area (Å²) in [5.41, 5.74) is -0.741. The molecular formula is C11H10BrF3N2. The van der Waals surface area contributed by atoms with E-state index < -0.39 is 11.7 Å². The van der Waals surface area contributed by atoms with Crippen LogP contribution >= 0.6 is 15.9 Å². The smallest absolute Gasteiger partial charge is 0.359 e. The van der Waals surface area contributed by atoms with Crippen molar-refractivity contribution in [2.75, 3.05) is 18.5 Å². The predicted octanol–water partition coefficient (Wildman–Crippen LogP) is 3.32. The van der Waals surface area contributed by atoms with E-state index >= 15 is 0 Å². The third kappa shape index (κ3) is 3.63. The first kappa shape index (κ1) is 13.8. The number of terminal acetylenes is 1. The van der Waals surface area contributed by atoms with E-state index in [0.29, 0.717) is 13.0 Å². The lowest BCUT2D eigenvalue weighted by molar-refractivity contribution is -0.138. The molecule has 1 aromatic heterocycles. The summed E-state index contributed by atoms with van der Waals surface area (Å²) in [5.74, 6) is 2.67. The van der Waals surface area contributed by atoms with Crippen molar-refractivity contribution < 1.29 is 13.2 Å². The molecule has 0 aliphatic rings. The van der Waals surface area contributed by atoms with Gasteiger partial charge in [-0.3, -0.25) is 0 Å². The van der Waals surface area contributed by atoms with Crippen LogP contribution in [0.1, 0.15) is 12.0 Å². The van der Waals surface area contributed by atoms with Gasteiger partial charge >= 0.3 is 6.18 Å². The molecule has 0 bridgehead atoms. The molecule has 1 aromatic rings.